The van der Waals surface area contributed by atoms with E-state index in [2.05, 4.69) is 96.1 Å². The second kappa shape index (κ2) is 17.8. The number of aliphatic hydroxyl groups is 1. The van der Waals surface area contributed by atoms with Crippen LogP contribution in [0.15, 0.2) is 66.6 Å². The molecule has 45 heavy (non-hydrogen) atoms. The SMILES string of the molecule is CC(C)c1[c-]c(-c2nccc3c2ccc2ccc(C(C)C)cc23)cc(C(C)C)c1.CCC(CC)C(=O)/C=C(\O)C(CC)CC.[Ir]. The van der Waals surface area contributed by atoms with Crippen LogP contribution in [0.25, 0.3) is 32.8 Å². The normalized spacial score (nSPS) is 11.9. The molecular weight excluding hydrogens is 731 g/mol. The van der Waals surface area contributed by atoms with Crippen LogP contribution in [0.1, 0.15) is 129 Å². The molecule has 4 rings (SSSR count). The van der Waals surface area contributed by atoms with Gasteiger partial charge >= 0.3 is 0 Å². The predicted octanol–water partition coefficient (Wildman–Crippen LogP) is 12.1. The van der Waals surface area contributed by atoms with Crippen LogP contribution in [0.5, 0.6) is 0 Å². The van der Waals surface area contributed by atoms with Gasteiger partial charge in [-0.3, -0.25) is 4.79 Å². The van der Waals surface area contributed by atoms with Crippen LogP contribution in [-0.2, 0) is 24.9 Å². The van der Waals surface area contributed by atoms with E-state index >= 15 is 0 Å². The van der Waals surface area contributed by atoms with Crippen LogP contribution in [0, 0.1) is 17.9 Å². The molecule has 4 aromatic rings. The van der Waals surface area contributed by atoms with Gasteiger partial charge in [0, 0.05) is 44.2 Å². The third-order valence-electron chi connectivity index (χ3n) is 8.99. The first kappa shape index (κ1) is 38.4. The molecule has 1 heterocycles. The van der Waals surface area contributed by atoms with Crippen LogP contribution in [0.2, 0.25) is 0 Å². The fourth-order valence-corrected chi connectivity index (χ4v) is 5.74. The van der Waals surface area contributed by atoms with Gasteiger partial charge in [-0.15, -0.1) is 34.9 Å². The Morgan fingerprint density at radius 1 is 0.733 bits per heavy atom. The summed E-state index contributed by atoms with van der Waals surface area (Å²) in [6.45, 7) is 21.5. The summed E-state index contributed by atoms with van der Waals surface area (Å²) in [5, 5.41) is 14.8. The molecule has 1 aromatic heterocycles. The zero-order valence-corrected chi connectivity index (χ0v) is 31.5. The molecule has 0 unspecified atom stereocenters. The number of fused-ring (bicyclic) bond motifs is 3. The van der Waals surface area contributed by atoms with Crippen LogP contribution >= 0.6 is 0 Å². The molecule has 0 saturated carbocycles. The van der Waals surface area contributed by atoms with Crippen molar-refractivity contribution in [3.05, 3.63) is 89.3 Å². The Morgan fingerprint density at radius 3 is 1.89 bits per heavy atom. The van der Waals surface area contributed by atoms with Crippen LogP contribution in [-0.4, -0.2) is 15.9 Å². The maximum absolute atomic E-state index is 11.7. The van der Waals surface area contributed by atoms with E-state index in [1.165, 1.54) is 44.3 Å². The molecule has 1 N–H and O–H groups in total. The van der Waals surface area contributed by atoms with Gasteiger partial charge in [-0.25, -0.2) is 0 Å². The second-order valence-corrected chi connectivity index (χ2v) is 13.0. The summed E-state index contributed by atoms with van der Waals surface area (Å²) in [4.78, 5) is 16.5. The molecule has 0 aliphatic heterocycles. The molecule has 1 radical (unpaired) electrons. The summed E-state index contributed by atoms with van der Waals surface area (Å²) in [6, 6.07) is 21.7. The fraction of sp³-hybridized carbons (Fsp3) is 0.463. The number of nitrogens with zero attached hydrogens (tertiary/aromatic N) is 1. The summed E-state index contributed by atoms with van der Waals surface area (Å²) in [6.07, 6.45) is 6.85. The molecule has 0 amide bonds. The molecule has 0 saturated heterocycles. The van der Waals surface area contributed by atoms with Crippen LogP contribution in [0.4, 0.5) is 0 Å². The van der Waals surface area contributed by atoms with Gasteiger partial charge in [0.15, 0.2) is 5.78 Å². The van der Waals surface area contributed by atoms with Gasteiger partial charge in [0.2, 0.25) is 0 Å². The van der Waals surface area contributed by atoms with Crippen molar-refractivity contribution in [3.8, 4) is 11.3 Å². The number of aromatic nitrogens is 1. The first-order chi connectivity index (χ1) is 20.9. The van der Waals surface area contributed by atoms with Crippen molar-refractivity contribution in [2.45, 2.75) is 113 Å². The molecule has 0 atom stereocenters. The van der Waals surface area contributed by atoms with Crippen molar-refractivity contribution in [2.24, 2.45) is 11.8 Å². The minimum Gasteiger partial charge on any atom is -0.512 e. The maximum atomic E-state index is 11.7. The minimum atomic E-state index is 0. The monoisotopic (exact) mass is 785 g/mol. The van der Waals surface area contributed by atoms with Crippen molar-refractivity contribution >= 4 is 27.3 Å². The number of rotatable bonds is 11. The number of aliphatic hydroxyl groups excluding tert-OH is 1. The van der Waals surface area contributed by atoms with E-state index in [0.717, 1.165) is 36.9 Å². The molecule has 0 aliphatic carbocycles. The second-order valence-electron chi connectivity index (χ2n) is 13.0. The van der Waals surface area contributed by atoms with Gasteiger partial charge < -0.3 is 10.1 Å². The Kier molecular flexibility index (Phi) is 15.2. The molecule has 245 valence electrons. The molecule has 3 nitrogen and oxygen atoms in total. The number of carbonyl (C=O) groups excluding carboxylic acids is 1. The number of benzene rings is 3. The number of allylic oxidation sites excluding steroid dienone is 2. The Hall–Kier alpha value is -2.81. The molecule has 0 bridgehead atoms. The number of carbonyl (C=O) groups is 1. The van der Waals surface area contributed by atoms with E-state index in [9.17, 15) is 9.90 Å². The smallest absolute Gasteiger partial charge is 0.162 e. The van der Waals surface area contributed by atoms with Gasteiger partial charge in [-0.2, -0.15) is 0 Å². The quantitative estimate of drug-likeness (QED) is 0.0713. The molecule has 0 fully saturated rings. The van der Waals surface area contributed by atoms with E-state index < -0.39 is 0 Å². The summed E-state index contributed by atoms with van der Waals surface area (Å²) < 4.78 is 0. The Morgan fingerprint density at radius 2 is 1.33 bits per heavy atom. The van der Waals surface area contributed by atoms with Gasteiger partial charge in [0.25, 0.3) is 0 Å². The van der Waals surface area contributed by atoms with Gasteiger partial charge in [-0.1, -0.05) is 99.6 Å². The van der Waals surface area contributed by atoms with Crippen LogP contribution < -0.4 is 0 Å². The van der Waals surface area contributed by atoms with Crippen molar-refractivity contribution in [1.82, 2.24) is 4.98 Å². The number of pyridine rings is 1. The summed E-state index contributed by atoms with van der Waals surface area (Å²) in [5.41, 5.74) is 6.12. The minimum absolute atomic E-state index is 0. The molecular formula is C41H54IrNO2-. The largest absolute Gasteiger partial charge is 0.512 e. The van der Waals surface area contributed by atoms with Gasteiger partial charge in [0.1, 0.15) is 0 Å². The Bertz CT molecular complexity index is 1550. The molecule has 3 aromatic carbocycles. The third-order valence-corrected chi connectivity index (χ3v) is 8.99. The fourth-order valence-electron chi connectivity index (χ4n) is 5.74. The molecule has 0 aliphatic rings. The maximum Gasteiger partial charge on any atom is 0.162 e. The summed E-state index contributed by atoms with van der Waals surface area (Å²) in [7, 11) is 0. The topological polar surface area (TPSA) is 50.2 Å². The number of hydrogen-bond acceptors (Lipinski definition) is 3. The van der Waals surface area contributed by atoms with E-state index in [-0.39, 0.29) is 43.5 Å². The van der Waals surface area contributed by atoms with Crippen molar-refractivity contribution in [3.63, 3.8) is 0 Å². The zero-order valence-electron chi connectivity index (χ0n) is 29.1. The third kappa shape index (κ3) is 9.60. The van der Waals surface area contributed by atoms with E-state index in [1.54, 1.807) is 0 Å². The number of ketones is 1. The van der Waals surface area contributed by atoms with Crippen LogP contribution in [0.3, 0.4) is 0 Å². The summed E-state index contributed by atoms with van der Waals surface area (Å²) >= 11 is 0. The summed E-state index contributed by atoms with van der Waals surface area (Å²) in [5.74, 6) is 1.98. The molecule has 4 heteroatoms. The van der Waals surface area contributed by atoms with E-state index in [0.29, 0.717) is 17.8 Å². The Balaban J connectivity index is 0.000000378. The first-order valence-corrected chi connectivity index (χ1v) is 16.8. The van der Waals surface area contributed by atoms with Gasteiger partial charge in [-0.05, 0) is 82.3 Å². The standard InChI is InChI=1S/C28H30N.C13H24O2.Ir/c1-17(2)21-8-7-20-9-10-26-25(27(20)16-21)11-12-29-28(26)24-14-22(18(3)4)13-23(15-24)19(5)6;1-5-10(6-2)12(14)9-13(15)11(7-3)8-4;/h7-14,16-19H,1-6H3;9-11,14H,5-8H2,1-4H3;/q-1;;/b;12-9-;. The first-order valence-electron chi connectivity index (χ1n) is 16.8. The van der Waals surface area contributed by atoms with Crippen molar-refractivity contribution in [1.29, 1.82) is 0 Å². The average molecular weight is 785 g/mol. The van der Waals surface area contributed by atoms with Crippen molar-refractivity contribution in [2.75, 3.05) is 0 Å². The Labute approximate surface area is 286 Å². The molecule has 0 spiro atoms. The van der Waals surface area contributed by atoms with E-state index in [1.807, 2.05) is 33.9 Å². The van der Waals surface area contributed by atoms with Crippen molar-refractivity contribution < 1.29 is 30.0 Å². The number of hydrogen-bond donors (Lipinski definition) is 1. The average Bonchev–Trinajstić information content (AvgIpc) is 3.01. The zero-order chi connectivity index (χ0) is 32.6. The van der Waals surface area contributed by atoms with E-state index in [4.69, 9.17) is 4.98 Å². The van der Waals surface area contributed by atoms with Gasteiger partial charge in [0.05, 0.1) is 5.76 Å². The predicted molar refractivity (Wildman–Crippen MR) is 190 cm³/mol.